The van der Waals surface area contributed by atoms with E-state index in [0.717, 1.165) is 0 Å². The van der Waals surface area contributed by atoms with Crippen LogP contribution < -0.4 is 10.6 Å². The van der Waals surface area contributed by atoms with Gasteiger partial charge in [-0.3, -0.25) is 9.59 Å². The Morgan fingerprint density at radius 3 is 2.43 bits per heavy atom. The standard InChI is InChI=1S/C20H21N3O4S/c1-12(2)17(23-19(25)16-9-6-10-28-16)20(26)27-13(3)18(24)22-15-8-5-4-7-14(15)11-21/h4-10,12-13,17H,1-3H3,(H,22,24)(H,23,25)/t13-,17+/m1/s1. The van der Waals surface area contributed by atoms with Crippen molar-refractivity contribution in [3.63, 3.8) is 0 Å². The number of rotatable bonds is 7. The zero-order chi connectivity index (χ0) is 20.7. The summed E-state index contributed by atoms with van der Waals surface area (Å²) >= 11 is 1.27. The summed E-state index contributed by atoms with van der Waals surface area (Å²) < 4.78 is 5.25. The number of hydrogen-bond donors (Lipinski definition) is 2. The first-order valence-corrected chi connectivity index (χ1v) is 9.56. The molecule has 0 bridgehead atoms. The van der Waals surface area contributed by atoms with Crippen LogP contribution >= 0.6 is 11.3 Å². The minimum Gasteiger partial charge on any atom is -0.451 e. The third kappa shape index (κ3) is 5.41. The molecule has 0 saturated carbocycles. The lowest BCUT2D eigenvalue weighted by molar-refractivity contribution is -0.156. The average molecular weight is 399 g/mol. The molecule has 2 atom stereocenters. The number of nitrogens with one attached hydrogen (secondary N) is 2. The first-order valence-electron chi connectivity index (χ1n) is 8.68. The maximum absolute atomic E-state index is 12.5. The van der Waals surface area contributed by atoms with Crippen molar-refractivity contribution in [3.05, 3.63) is 52.2 Å². The normalized spacial score (nSPS) is 12.5. The lowest BCUT2D eigenvalue weighted by Gasteiger charge is -2.22. The summed E-state index contributed by atoms with van der Waals surface area (Å²) in [5, 5.41) is 16.1. The molecule has 0 aliphatic rings. The number of para-hydroxylation sites is 1. The van der Waals surface area contributed by atoms with E-state index in [0.29, 0.717) is 16.1 Å². The topological polar surface area (TPSA) is 108 Å². The van der Waals surface area contributed by atoms with Crippen LogP contribution in [0.25, 0.3) is 0 Å². The molecule has 0 radical (unpaired) electrons. The number of ether oxygens (including phenoxy) is 1. The lowest BCUT2D eigenvalue weighted by atomic mass is 10.0. The summed E-state index contributed by atoms with van der Waals surface area (Å²) in [6, 6.07) is 11.0. The highest BCUT2D eigenvalue weighted by Crippen LogP contribution is 2.15. The van der Waals surface area contributed by atoms with Gasteiger partial charge in [-0.2, -0.15) is 5.26 Å². The molecule has 146 valence electrons. The second-order valence-electron chi connectivity index (χ2n) is 6.40. The number of anilines is 1. The van der Waals surface area contributed by atoms with E-state index in [-0.39, 0.29) is 11.8 Å². The minimum absolute atomic E-state index is 0.231. The summed E-state index contributed by atoms with van der Waals surface area (Å²) in [5.74, 6) is -1.86. The van der Waals surface area contributed by atoms with Crippen LogP contribution in [0.4, 0.5) is 5.69 Å². The van der Waals surface area contributed by atoms with Crippen molar-refractivity contribution in [3.8, 4) is 6.07 Å². The first-order chi connectivity index (χ1) is 13.3. The fraction of sp³-hybridized carbons (Fsp3) is 0.300. The zero-order valence-electron chi connectivity index (χ0n) is 15.8. The van der Waals surface area contributed by atoms with Gasteiger partial charge in [-0.05, 0) is 36.4 Å². The maximum atomic E-state index is 12.5. The fourth-order valence-electron chi connectivity index (χ4n) is 2.34. The average Bonchev–Trinajstić information content (AvgIpc) is 3.20. The van der Waals surface area contributed by atoms with E-state index in [2.05, 4.69) is 10.6 Å². The Labute approximate surface area is 167 Å². The van der Waals surface area contributed by atoms with Crippen molar-refractivity contribution >= 4 is 34.8 Å². The van der Waals surface area contributed by atoms with Gasteiger partial charge in [0.2, 0.25) is 0 Å². The van der Waals surface area contributed by atoms with Crippen molar-refractivity contribution in [1.82, 2.24) is 5.32 Å². The van der Waals surface area contributed by atoms with Crippen molar-refractivity contribution in [2.45, 2.75) is 32.9 Å². The van der Waals surface area contributed by atoms with E-state index in [9.17, 15) is 14.4 Å². The van der Waals surface area contributed by atoms with Crippen molar-refractivity contribution in [2.75, 3.05) is 5.32 Å². The Balaban J connectivity index is 2.00. The zero-order valence-corrected chi connectivity index (χ0v) is 16.6. The Bertz CT molecular complexity index is 887. The predicted octanol–water partition coefficient (Wildman–Crippen LogP) is 2.94. The van der Waals surface area contributed by atoms with Gasteiger partial charge >= 0.3 is 5.97 Å². The quantitative estimate of drug-likeness (QED) is 0.696. The molecule has 2 aromatic rings. The number of nitrogens with zero attached hydrogens (tertiary/aromatic N) is 1. The van der Waals surface area contributed by atoms with E-state index in [1.54, 1.807) is 55.6 Å². The molecule has 0 fully saturated rings. The van der Waals surface area contributed by atoms with E-state index in [1.807, 2.05) is 6.07 Å². The number of nitriles is 1. The predicted molar refractivity (Wildman–Crippen MR) is 106 cm³/mol. The highest BCUT2D eigenvalue weighted by molar-refractivity contribution is 7.12. The monoisotopic (exact) mass is 399 g/mol. The smallest absolute Gasteiger partial charge is 0.329 e. The van der Waals surface area contributed by atoms with Crippen molar-refractivity contribution in [1.29, 1.82) is 5.26 Å². The molecule has 0 aliphatic carbocycles. The summed E-state index contributed by atoms with van der Waals surface area (Å²) in [6.45, 7) is 4.98. The summed E-state index contributed by atoms with van der Waals surface area (Å²) in [6.07, 6.45) is -1.10. The number of hydrogen-bond acceptors (Lipinski definition) is 6. The molecule has 0 unspecified atom stereocenters. The van der Waals surface area contributed by atoms with E-state index >= 15 is 0 Å². The molecule has 2 amide bonds. The second-order valence-corrected chi connectivity index (χ2v) is 7.35. The molecule has 0 spiro atoms. The van der Waals surface area contributed by atoms with Crippen LogP contribution in [0.5, 0.6) is 0 Å². The van der Waals surface area contributed by atoms with Crippen LogP contribution in [0, 0.1) is 17.2 Å². The molecule has 0 saturated heterocycles. The van der Waals surface area contributed by atoms with Crippen LogP contribution in [0.1, 0.15) is 36.0 Å². The SMILES string of the molecule is CC(C)[C@H](NC(=O)c1cccs1)C(=O)O[C@H](C)C(=O)Nc1ccccc1C#N. The lowest BCUT2D eigenvalue weighted by Crippen LogP contribution is -2.47. The van der Waals surface area contributed by atoms with Gasteiger partial charge in [-0.15, -0.1) is 11.3 Å². The van der Waals surface area contributed by atoms with Gasteiger partial charge < -0.3 is 15.4 Å². The molecule has 1 aromatic heterocycles. The van der Waals surface area contributed by atoms with Gasteiger partial charge in [0.25, 0.3) is 11.8 Å². The molecule has 28 heavy (non-hydrogen) atoms. The van der Waals surface area contributed by atoms with Gasteiger partial charge in [0, 0.05) is 0 Å². The number of amides is 2. The van der Waals surface area contributed by atoms with Crippen molar-refractivity contribution in [2.24, 2.45) is 5.92 Å². The van der Waals surface area contributed by atoms with E-state index < -0.39 is 24.0 Å². The Morgan fingerprint density at radius 2 is 1.82 bits per heavy atom. The molecule has 2 rings (SSSR count). The molecular weight excluding hydrogens is 378 g/mol. The highest BCUT2D eigenvalue weighted by Gasteiger charge is 2.29. The fourth-order valence-corrected chi connectivity index (χ4v) is 2.97. The summed E-state index contributed by atoms with van der Waals surface area (Å²) in [5.41, 5.74) is 0.641. The number of benzene rings is 1. The van der Waals surface area contributed by atoms with Crippen LogP contribution in [-0.2, 0) is 14.3 Å². The minimum atomic E-state index is -1.10. The van der Waals surface area contributed by atoms with Gasteiger partial charge in [0.15, 0.2) is 6.10 Å². The van der Waals surface area contributed by atoms with Crippen LogP contribution in [0.2, 0.25) is 0 Å². The third-order valence-corrected chi connectivity index (χ3v) is 4.79. The molecule has 1 aromatic carbocycles. The number of esters is 1. The maximum Gasteiger partial charge on any atom is 0.329 e. The Morgan fingerprint density at radius 1 is 1.11 bits per heavy atom. The molecule has 8 heteroatoms. The molecule has 0 aliphatic heterocycles. The van der Waals surface area contributed by atoms with Crippen LogP contribution in [0.15, 0.2) is 41.8 Å². The number of thiophene rings is 1. The number of carbonyl (C=O) groups excluding carboxylic acids is 3. The second kappa shape index (κ2) is 9.67. The Hall–Kier alpha value is -3.18. The van der Waals surface area contributed by atoms with E-state index in [1.165, 1.54) is 18.3 Å². The van der Waals surface area contributed by atoms with Gasteiger partial charge in [-0.1, -0.05) is 32.0 Å². The van der Waals surface area contributed by atoms with E-state index in [4.69, 9.17) is 10.00 Å². The third-order valence-electron chi connectivity index (χ3n) is 3.92. The van der Waals surface area contributed by atoms with Crippen molar-refractivity contribution < 1.29 is 19.1 Å². The summed E-state index contributed by atoms with van der Waals surface area (Å²) in [4.78, 5) is 37.6. The van der Waals surface area contributed by atoms with Crippen LogP contribution in [0.3, 0.4) is 0 Å². The van der Waals surface area contributed by atoms with Gasteiger partial charge in [0.1, 0.15) is 12.1 Å². The molecule has 7 nitrogen and oxygen atoms in total. The Kier molecular flexibility index (Phi) is 7.29. The first kappa shape index (κ1) is 21.1. The molecular formula is C20H21N3O4S. The van der Waals surface area contributed by atoms with Gasteiger partial charge in [0.05, 0.1) is 16.1 Å². The molecule has 1 heterocycles. The molecule has 2 N–H and O–H groups in total. The van der Waals surface area contributed by atoms with Crippen LogP contribution in [-0.4, -0.2) is 29.9 Å². The number of carbonyl (C=O) groups is 3. The highest BCUT2D eigenvalue weighted by atomic mass is 32.1. The van der Waals surface area contributed by atoms with Gasteiger partial charge in [-0.25, -0.2) is 4.79 Å². The largest absolute Gasteiger partial charge is 0.451 e. The summed E-state index contributed by atoms with van der Waals surface area (Å²) in [7, 11) is 0.